The van der Waals surface area contributed by atoms with Crippen molar-refractivity contribution >= 4 is 6.03 Å². The SMILES string of the molecule is COc1ccncc1CNC(=O)N1CCCN(C(C)C)CC1. The lowest BCUT2D eigenvalue weighted by atomic mass is 10.2. The lowest BCUT2D eigenvalue weighted by Gasteiger charge is -2.25. The van der Waals surface area contributed by atoms with Gasteiger partial charge in [-0.2, -0.15) is 0 Å². The summed E-state index contributed by atoms with van der Waals surface area (Å²) in [6.45, 7) is 8.39. The van der Waals surface area contributed by atoms with Crippen molar-refractivity contribution < 1.29 is 9.53 Å². The summed E-state index contributed by atoms with van der Waals surface area (Å²) in [4.78, 5) is 20.7. The molecule has 0 aromatic carbocycles. The second-order valence-electron chi connectivity index (χ2n) is 5.82. The molecule has 0 spiro atoms. The molecule has 6 nitrogen and oxygen atoms in total. The van der Waals surface area contributed by atoms with Crippen LogP contribution in [0, 0.1) is 0 Å². The number of ether oxygens (including phenoxy) is 1. The third kappa shape index (κ3) is 4.34. The summed E-state index contributed by atoms with van der Waals surface area (Å²) in [7, 11) is 1.62. The maximum Gasteiger partial charge on any atom is 0.317 e. The van der Waals surface area contributed by atoms with Gasteiger partial charge in [0, 0.05) is 56.7 Å². The predicted molar refractivity (Wildman–Crippen MR) is 85.9 cm³/mol. The number of carbonyl (C=O) groups excluding carboxylic acids is 1. The minimum Gasteiger partial charge on any atom is -0.496 e. The van der Waals surface area contributed by atoms with Gasteiger partial charge in [0.15, 0.2) is 0 Å². The Labute approximate surface area is 132 Å². The van der Waals surface area contributed by atoms with E-state index in [1.54, 1.807) is 25.6 Å². The molecule has 2 rings (SSSR count). The maximum absolute atomic E-state index is 12.3. The van der Waals surface area contributed by atoms with Crippen molar-refractivity contribution in [3.63, 3.8) is 0 Å². The first-order chi connectivity index (χ1) is 10.6. The number of hydrogen-bond acceptors (Lipinski definition) is 4. The summed E-state index contributed by atoms with van der Waals surface area (Å²) in [6, 6.07) is 2.31. The van der Waals surface area contributed by atoms with E-state index in [1.807, 2.05) is 4.90 Å². The highest BCUT2D eigenvalue weighted by Gasteiger charge is 2.20. The minimum absolute atomic E-state index is 0.0171. The average molecular weight is 306 g/mol. The molecule has 2 amide bonds. The van der Waals surface area contributed by atoms with Crippen molar-refractivity contribution in [1.82, 2.24) is 20.1 Å². The molecule has 1 N–H and O–H groups in total. The van der Waals surface area contributed by atoms with E-state index in [0.717, 1.165) is 43.9 Å². The van der Waals surface area contributed by atoms with Crippen LogP contribution in [0.5, 0.6) is 5.75 Å². The molecule has 6 heteroatoms. The van der Waals surface area contributed by atoms with Gasteiger partial charge in [-0.3, -0.25) is 9.88 Å². The zero-order chi connectivity index (χ0) is 15.9. The number of aromatic nitrogens is 1. The van der Waals surface area contributed by atoms with Crippen LogP contribution in [0.15, 0.2) is 18.5 Å². The minimum atomic E-state index is -0.0171. The van der Waals surface area contributed by atoms with E-state index in [2.05, 4.69) is 29.0 Å². The number of methoxy groups -OCH3 is 1. The molecule has 1 aromatic heterocycles. The number of hydrogen-bond donors (Lipinski definition) is 1. The van der Waals surface area contributed by atoms with Crippen LogP contribution in [0.2, 0.25) is 0 Å². The van der Waals surface area contributed by atoms with Crippen molar-refractivity contribution in [2.75, 3.05) is 33.3 Å². The van der Waals surface area contributed by atoms with Gasteiger partial charge >= 0.3 is 6.03 Å². The molecule has 0 bridgehead atoms. The number of urea groups is 1. The Bertz CT molecular complexity index is 493. The fourth-order valence-corrected chi connectivity index (χ4v) is 2.69. The van der Waals surface area contributed by atoms with Gasteiger partial charge in [0.05, 0.1) is 7.11 Å². The molecule has 1 aliphatic heterocycles. The van der Waals surface area contributed by atoms with Gasteiger partial charge in [-0.05, 0) is 26.3 Å². The quantitative estimate of drug-likeness (QED) is 0.920. The Morgan fingerprint density at radius 1 is 1.36 bits per heavy atom. The van der Waals surface area contributed by atoms with Crippen LogP contribution in [0.3, 0.4) is 0 Å². The number of nitrogens with zero attached hydrogens (tertiary/aromatic N) is 3. The summed E-state index contributed by atoms with van der Waals surface area (Å²) in [5.41, 5.74) is 0.886. The first-order valence-corrected chi connectivity index (χ1v) is 7.85. The summed E-state index contributed by atoms with van der Waals surface area (Å²) in [5.74, 6) is 0.747. The van der Waals surface area contributed by atoms with Crippen LogP contribution in [0.4, 0.5) is 4.79 Å². The fourth-order valence-electron chi connectivity index (χ4n) is 2.69. The Hall–Kier alpha value is -1.82. The first kappa shape index (κ1) is 16.5. The number of carbonyl (C=O) groups is 1. The molecule has 1 aliphatic rings. The van der Waals surface area contributed by atoms with Gasteiger partial charge in [0.2, 0.25) is 0 Å². The van der Waals surface area contributed by atoms with Crippen LogP contribution >= 0.6 is 0 Å². The highest BCUT2D eigenvalue weighted by Crippen LogP contribution is 2.15. The molecule has 22 heavy (non-hydrogen) atoms. The van der Waals surface area contributed by atoms with Crippen LogP contribution < -0.4 is 10.1 Å². The average Bonchev–Trinajstić information content (AvgIpc) is 2.79. The number of amides is 2. The largest absolute Gasteiger partial charge is 0.496 e. The van der Waals surface area contributed by atoms with Gasteiger partial charge in [-0.25, -0.2) is 4.79 Å². The fraction of sp³-hybridized carbons (Fsp3) is 0.625. The molecule has 0 aliphatic carbocycles. The summed E-state index contributed by atoms with van der Waals surface area (Å²) >= 11 is 0. The smallest absolute Gasteiger partial charge is 0.317 e. The molecule has 1 fully saturated rings. The van der Waals surface area contributed by atoms with Crippen LogP contribution in [-0.2, 0) is 6.54 Å². The normalized spacial score (nSPS) is 16.5. The molecular weight excluding hydrogens is 280 g/mol. The number of nitrogens with one attached hydrogen (secondary N) is 1. The van der Waals surface area contributed by atoms with E-state index in [0.29, 0.717) is 12.6 Å². The molecule has 0 atom stereocenters. The predicted octanol–water partition coefficient (Wildman–Crippen LogP) is 1.72. The van der Waals surface area contributed by atoms with Gasteiger partial charge in [-0.1, -0.05) is 0 Å². The van der Waals surface area contributed by atoms with Crippen LogP contribution in [0.1, 0.15) is 25.8 Å². The molecule has 1 aromatic rings. The topological polar surface area (TPSA) is 57.7 Å². The van der Waals surface area contributed by atoms with E-state index in [4.69, 9.17) is 4.74 Å². The molecule has 0 radical (unpaired) electrons. The highest BCUT2D eigenvalue weighted by molar-refractivity contribution is 5.74. The summed E-state index contributed by atoms with van der Waals surface area (Å²) in [5, 5.41) is 2.96. The lowest BCUT2D eigenvalue weighted by Crippen LogP contribution is -2.42. The summed E-state index contributed by atoms with van der Waals surface area (Å²) < 4.78 is 5.27. The van der Waals surface area contributed by atoms with E-state index in [9.17, 15) is 4.79 Å². The zero-order valence-corrected chi connectivity index (χ0v) is 13.7. The first-order valence-electron chi connectivity index (χ1n) is 7.85. The second-order valence-corrected chi connectivity index (χ2v) is 5.82. The van der Waals surface area contributed by atoms with Crippen LogP contribution in [-0.4, -0.2) is 60.1 Å². The monoisotopic (exact) mass is 306 g/mol. The molecular formula is C16H26N4O2. The third-order valence-corrected chi connectivity index (χ3v) is 4.06. The Kier molecular flexibility index (Phi) is 6.00. The van der Waals surface area contributed by atoms with Crippen molar-refractivity contribution in [2.45, 2.75) is 32.9 Å². The van der Waals surface area contributed by atoms with Gasteiger partial charge in [0.1, 0.15) is 5.75 Å². The van der Waals surface area contributed by atoms with Crippen molar-refractivity contribution in [1.29, 1.82) is 0 Å². The number of pyridine rings is 1. The van der Waals surface area contributed by atoms with Crippen molar-refractivity contribution in [3.05, 3.63) is 24.0 Å². The molecule has 0 unspecified atom stereocenters. The van der Waals surface area contributed by atoms with Crippen LogP contribution in [0.25, 0.3) is 0 Å². The third-order valence-electron chi connectivity index (χ3n) is 4.06. The maximum atomic E-state index is 12.3. The lowest BCUT2D eigenvalue weighted by molar-refractivity contribution is 0.193. The van der Waals surface area contributed by atoms with Gasteiger partial charge in [0.25, 0.3) is 0 Å². The van der Waals surface area contributed by atoms with E-state index in [-0.39, 0.29) is 6.03 Å². The summed E-state index contributed by atoms with van der Waals surface area (Å²) in [6.07, 6.45) is 4.42. The van der Waals surface area contributed by atoms with Gasteiger partial charge in [-0.15, -0.1) is 0 Å². The van der Waals surface area contributed by atoms with E-state index in [1.165, 1.54) is 0 Å². The molecule has 122 valence electrons. The van der Waals surface area contributed by atoms with E-state index < -0.39 is 0 Å². The van der Waals surface area contributed by atoms with Crippen molar-refractivity contribution in [2.24, 2.45) is 0 Å². The number of rotatable bonds is 4. The standard InChI is InChI=1S/C16H26N4O2/c1-13(2)19-7-4-8-20(10-9-19)16(21)18-12-14-11-17-6-5-15(14)22-3/h5-6,11,13H,4,7-10,12H2,1-3H3,(H,18,21). The Morgan fingerprint density at radius 3 is 2.91 bits per heavy atom. The zero-order valence-electron chi connectivity index (χ0n) is 13.7. The molecule has 2 heterocycles. The molecule has 0 saturated carbocycles. The van der Waals surface area contributed by atoms with Gasteiger partial charge < -0.3 is 15.0 Å². The van der Waals surface area contributed by atoms with Crippen molar-refractivity contribution in [3.8, 4) is 5.75 Å². The van der Waals surface area contributed by atoms with E-state index >= 15 is 0 Å². The highest BCUT2D eigenvalue weighted by atomic mass is 16.5. The Morgan fingerprint density at radius 2 is 2.18 bits per heavy atom. The molecule has 1 saturated heterocycles. The second kappa shape index (κ2) is 7.98. The Balaban J connectivity index is 1.87.